The summed E-state index contributed by atoms with van der Waals surface area (Å²) < 4.78 is 11.5. The summed E-state index contributed by atoms with van der Waals surface area (Å²) in [5.41, 5.74) is 0.582. The molecule has 0 N–H and O–H groups in total. The van der Waals surface area contributed by atoms with Crippen molar-refractivity contribution in [2.45, 2.75) is 65.6 Å². The van der Waals surface area contributed by atoms with E-state index in [1.165, 1.54) is 5.57 Å². The van der Waals surface area contributed by atoms with Gasteiger partial charge in [-0.3, -0.25) is 0 Å². The number of hydrogen-bond donors (Lipinski definition) is 0. The molecule has 1 fully saturated rings. The highest BCUT2D eigenvalue weighted by Gasteiger charge is 2.40. The third-order valence-electron chi connectivity index (χ3n) is 3.49. The molecule has 1 aliphatic rings. The van der Waals surface area contributed by atoms with Gasteiger partial charge in [0.05, 0.1) is 18.8 Å². The minimum atomic E-state index is -0.447. The zero-order chi connectivity index (χ0) is 15.4. The van der Waals surface area contributed by atoms with Crippen molar-refractivity contribution in [3.05, 3.63) is 11.6 Å². The van der Waals surface area contributed by atoms with Gasteiger partial charge in [-0.15, -0.1) is 0 Å². The van der Waals surface area contributed by atoms with Crippen molar-refractivity contribution >= 4 is 6.09 Å². The fourth-order valence-electron chi connectivity index (χ4n) is 2.22. The van der Waals surface area contributed by atoms with Crippen LogP contribution in [0.2, 0.25) is 0 Å². The lowest BCUT2D eigenvalue weighted by Crippen LogP contribution is -2.40. The van der Waals surface area contributed by atoms with Crippen molar-refractivity contribution in [2.24, 2.45) is 0 Å². The maximum Gasteiger partial charge on any atom is 0.410 e. The van der Waals surface area contributed by atoms with E-state index in [0.717, 1.165) is 12.8 Å². The molecular formula is C16H29NO3. The van der Waals surface area contributed by atoms with Gasteiger partial charge >= 0.3 is 6.09 Å². The molecule has 0 aliphatic carbocycles. The first-order valence-electron chi connectivity index (χ1n) is 7.43. The average molecular weight is 283 g/mol. The molecule has 1 unspecified atom stereocenters. The highest BCUT2D eigenvalue weighted by Crippen LogP contribution is 2.30. The Kier molecular flexibility index (Phi) is 5.63. The molecule has 1 heterocycles. The first kappa shape index (κ1) is 17.0. The van der Waals surface area contributed by atoms with Crippen LogP contribution in [0.1, 0.15) is 54.4 Å². The summed E-state index contributed by atoms with van der Waals surface area (Å²) in [4.78, 5) is 13.8. The Morgan fingerprint density at radius 1 is 1.35 bits per heavy atom. The largest absolute Gasteiger partial charge is 0.444 e. The summed E-state index contributed by atoms with van der Waals surface area (Å²) >= 11 is 0. The second-order valence-corrected chi connectivity index (χ2v) is 6.78. The van der Waals surface area contributed by atoms with E-state index in [-0.39, 0.29) is 11.7 Å². The van der Waals surface area contributed by atoms with Gasteiger partial charge in [-0.2, -0.15) is 0 Å². The number of likely N-dealkylation sites (tertiary alicyclic amines) is 1. The van der Waals surface area contributed by atoms with Crippen molar-refractivity contribution in [1.82, 2.24) is 4.90 Å². The summed E-state index contributed by atoms with van der Waals surface area (Å²) in [6.07, 6.45) is 3.62. The van der Waals surface area contributed by atoms with Crippen LogP contribution in [0.25, 0.3) is 0 Å². The fraction of sp³-hybridized carbons (Fsp3) is 0.812. The van der Waals surface area contributed by atoms with Crippen LogP contribution >= 0.6 is 0 Å². The molecule has 4 heteroatoms. The molecule has 0 aromatic rings. The van der Waals surface area contributed by atoms with Gasteiger partial charge in [0, 0.05) is 6.54 Å². The minimum absolute atomic E-state index is 0.219. The molecule has 20 heavy (non-hydrogen) atoms. The van der Waals surface area contributed by atoms with Crippen molar-refractivity contribution in [3.63, 3.8) is 0 Å². The quantitative estimate of drug-likeness (QED) is 0.737. The first-order chi connectivity index (χ1) is 9.17. The maximum atomic E-state index is 12.1. The summed E-state index contributed by atoms with van der Waals surface area (Å²) in [5, 5.41) is 0. The summed E-state index contributed by atoms with van der Waals surface area (Å²) in [6, 6.07) is 0. The normalized spacial score (nSPS) is 22.8. The van der Waals surface area contributed by atoms with Crippen LogP contribution in [-0.2, 0) is 9.47 Å². The molecule has 4 nitrogen and oxygen atoms in total. The number of rotatable bonds is 4. The van der Waals surface area contributed by atoms with Crippen LogP contribution in [0, 0.1) is 0 Å². The Bertz CT molecular complexity index is 366. The summed E-state index contributed by atoms with van der Waals surface area (Å²) in [5.74, 6) is 0. The molecule has 116 valence electrons. The zero-order valence-corrected chi connectivity index (χ0v) is 13.8. The molecule has 1 saturated heterocycles. The molecule has 0 aromatic carbocycles. The molecular weight excluding hydrogens is 254 g/mol. The monoisotopic (exact) mass is 283 g/mol. The Morgan fingerprint density at radius 2 is 2.00 bits per heavy atom. The van der Waals surface area contributed by atoms with E-state index in [9.17, 15) is 4.79 Å². The number of amides is 1. The third-order valence-corrected chi connectivity index (χ3v) is 3.49. The molecule has 1 amide bonds. The van der Waals surface area contributed by atoms with E-state index in [0.29, 0.717) is 19.7 Å². The van der Waals surface area contributed by atoms with Crippen LogP contribution in [0.15, 0.2) is 11.6 Å². The van der Waals surface area contributed by atoms with Crippen LogP contribution in [0.4, 0.5) is 4.79 Å². The van der Waals surface area contributed by atoms with Crippen LogP contribution in [0.3, 0.4) is 0 Å². The second kappa shape index (κ2) is 6.61. The molecule has 0 aromatic heterocycles. The topological polar surface area (TPSA) is 38.8 Å². The zero-order valence-electron chi connectivity index (χ0n) is 13.8. The lowest BCUT2D eigenvalue weighted by atomic mass is 10.00. The Hall–Kier alpha value is -1.03. The lowest BCUT2D eigenvalue weighted by Gasteiger charge is -2.29. The molecule has 1 rings (SSSR count). The number of carbonyl (C=O) groups excluding carboxylic acids is 1. The number of carbonyl (C=O) groups is 1. The van der Waals surface area contributed by atoms with Gasteiger partial charge in [-0.25, -0.2) is 4.79 Å². The van der Waals surface area contributed by atoms with E-state index >= 15 is 0 Å². The number of nitrogens with zero attached hydrogens (tertiary/aromatic N) is 1. The molecule has 1 atom stereocenters. The van der Waals surface area contributed by atoms with Crippen molar-refractivity contribution < 1.29 is 14.3 Å². The number of allylic oxidation sites excluding steroid dienone is 1. The Balaban J connectivity index is 2.58. The smallest absolute Gasteiger partial charge is 0.410 e. The highest BCUT2D eigenvalue weighted by molar-refractivity contribution is 5.68. The lowest BCUT2D eigenvalue weighted by molar-refractivity contribution is -0.0293. The van der Waals surface area contributed by atoms with Gasteiger partial charge in [0.1, 0.15) is 5.60 Å². The van der Waals surface area contributed by atoms with E-state index < -0.39 is 5.60 Å². The summed E-state index contributed by atoms with van der Waals surface area (Å²) in [6.45, 7) is 13.8. The van der Waals surface area contributed by atoms with E-state index in [2.05, 4.69) is 26.8 Å². The van der Waals surface area contributed by atoms with Crippen molar-refractivity contribution in [1.29, 1.82) is 0 Å². The molecule has 0 radical (unpaired) electrons. The van der Waals surface area contributed by atoms with Crippen molar-refractivity contribution in [2.75, 3.05) is 19.7 Å². The maximum absolute atomic E-state index is 12.1. The van der Waals surface area contributed by atoms with E-state index in [1.807, 2.05) is 20.8 Å². The van der Waals surface area contributed by atoms with Gasteiger partial charge in [-0.05, 0) is 47.5 Å². The van der Waals surface area contributed by atoms with Gasteiger partial charge in [0.15, 0.2) is 0 Å². The van der Waals surface area contributed by atoms with Crippen LogP contribution in [-0.4, -0.2) is 41.9 Å². The SMILES string of the molecule is CCC1(OCC=C(C)C)CCN(C(=O)OC(C)(C)C)C1. The van der Waals surface area contributed by atoms with E-state index in [4.69, 9.17) is 9.47 Å². The molecule has 0 saturated carbocycles. The first-order valence-corrected chi connectivity index (χ1v) is 7.43. The Morgan fingerprint density at radius 3 is 2.50 bits per heavy atom. The van der Waals surface area contributed by atoms with Gasteiger partial charge in [0.2, 0.25) is 0 Å². The van der Waals surface area contributed by atoms with Crippen LogP contribution in [0.5, 0.6) is 0 Å². The predicted molar refractivity (Wildman–Crippen MR) is 80.8 cm³/mol. The fourth-order valence-corrected chi connectivity index (χ4v) is 2.22. The van der Waals surface area contributed by atoms with Crippen molar-refractivity contribution in [3.8, 4) is 0 Å². The third kappa shape index (κ3) is 5.16. The number of ether oxygens (including phenoxy) is 2. The average Bonchev–Trinajstić information content (AvgIpc) is 2.71. The predicted octanol–water partition coefficient (Wildman–Crippen LogP) is 3.76. The van der Waals surface area contributed by atoms with Gasteiger partial charge < -0.3 is 14.4 Å². The standard InChI is InChI=1S/C16H29NO3/c1-7-16(19-11-8-13(2)3)9-10-17(12-16)14(18)20-15(4,5)6/h8H,7,9-12H2,1-6H3. The number of hydrogen-bond acceptors (Lipinski definition) is 3. The second-order valence-electron chi connectivity index (χ2n) is 6.78. The highest BCUT2D eigenvalue weighted by atomic mass is 16.6. The summed E-state index contributed by atoms with van der Waals surface area (Å²) in [7, 11) is 0. The molecule has 1 aliphatic heterocycles. The molecule has 0 spiro atoms. The van der Waals surface area contributed by atoms with Crippen LogP contribution < -0.4 is 0 Å². The van der Waals surface area contributed by atoms with Gasteiger partial charge in [-0.1, -0.05) is 18.6 Å². The van der Waals surface area contributed by atoms with E-state index in [1.54, 1.807) is 4.90 Å². The molecule has 0 bridgehead atoms. The Labute approximate surface area is 123 Å². The van der Waals surface area contributed by atoms with Gasteiger partial charge in [0.25, 0.3) is 0 Å². The minimum Gasteiger partial charge on any atom is -0.444 e.